The second-order valence-corrected chi connectivity index (χ2v) is 4.46. The molecule has 0 saturated heterocycles. The summed E-state index contributed by atoms with van der Waals surface area (Å²) in [6, 6.07) is 3.68. The summed E-state index contributed by atoms with van der Waals surface area (Å²) in [5.74, 6) is 0.591. The van der Waals surface area contributed by atoms with E-state index in [-0.39, 0.29) is 0 Å². The third kappa shape index (κ3) is 3.52. The lowest BCUT2D eigenvalue weighted by molar-refractivity contribution is 0.128. The average Bonchev–Trinajstić information content (AvgIpc) is 2.84. The molecule has 0 atom stereocenters. The van der Waals surface area contributed by atoms with E-state index in [0.29, 0.717) is 24.2 Å². The van der Waals surface area contributed by atoms with Crippen LogP contribution in [0.2, 0.25) is 5.15 Å². The molecule has 0 amide bonds. The number of rotatable bonds is 6. The Hall–Kier alpha value is -1.46. The molecule has 0 aliphatic heterocycles. The summed E-state index contributed by atoms with van der Waals surface area (Å²) >= 11 is 6.04. The smallest absolute Gasteiger partial charge is 0.156 e. The van der Waals surface area contributed by atoms with E-state index in [0.717, 1.165) is 24.4 Å². The lowest BCUT2D eigenvalue weighted by Crippen LogP contribution is -2.05. The maximum absolute atomic E-state index is 6.04. The fourth-order valence-corrected chi connectivity index (χ4v) is 1.99. The van der Waals surface area contributed by atoms with E-state index >= 15 is 0 Å². The van der Waals surface area contributed by atoms with Crippen molar-refractivity contribution in [3.05, 3.63) is 29.3 Å². The van der Waals surface area contributed by atoms with Gasteiger partial charge in [0.05, 0.1) is 11.4 Å². The van der Waals surface area contributed by atoms with Crippen molar-refractivity contribution in [3.8, 4) is 11.4 Å². The highest BCUT2D eigenvalue weighted by molar-refractivity contribution is 6.29. The molecular formula is C13H17ClN4O. The van der Waals surface area contributed by atoms with E-state index in [2.05, 4.69) is 22.0 Å². The monoisotopic (exact) mass is 280 g/mol. The van der Waals surface area contributed by atoms with Crippen LogP contribution in [0.4, 0.5) is 0 Å². The van der Waals surface area contributed by atoms with Crippen molar-refractivity contribution in [1.29, 1.82) is 0 Å². The fraction of sp³-hybridized carbons (Fsp3) is 0.462. The van der Waals surface area contributed by atoms with Crippen molar-refractivity contribution in [2.45, 2.75) is 33.4 Å². The van der Waals surface area contributed by atoms with Gasteiger partial charge in [-0.05, 0) is 19.4 Å². The van der Waals surface area contributed by atoms with Crippen LogP contribution in [0.1, 0.15) is 26.1 Å². The molecule has 102 valence electrons. The largest absolute Gasteiger partial charge is 0.374 e. The summed E-state index contributed by atoms with van der Waals surface area (Å²) in [6.07, 6.45) is 2.78. The van der Waals surface area contributed by atoms with E-state index in [1.807, 2.05) is 17.7 Å². The molecule has 0 saturated carbocycles. The van der Waals surface area contributed by atoms with E-state index in [9.17, 15) is 0 Å². The van der Waals surface area contributed by atoms with Crippen molar-refractivity contribution in [2.75, 3.05) is 6.61 Å². The standard InChI is InChI=1S/C13H17ClN4O/c1-3-7-18-11(5-6-15-18)10-8-12(14)17-13(16-10)9-19-4-2/h5-6,8H,3-4,7,9H2,1-2H3. The Kier molecular flexibility index (Phi) is 4.87. The molecule has 0 unspecified atom stereocenters. The van der Waals surface area contributed by atoms with Gasteiger partial charge in [-0.25, -0.2) is 9.97 Å². The van der Waals surface area contributed by atoms with E-state index < -0.39 is 0 Å². The van der Waals surface area contributed by atoms with E-state index in [1.54, 1.807) is 12.3 Å². The Bertz CT molecular complexity index is 541. The molecule has 0 aliphatic rings. The maximum Gasteiger partial charge on any atom is 0.156 e. The molecular weight excluding hydrogens is 264 g/mol. The summed E-state index contributed by atoms with van der Waals surface area (Å²) < 4.78 is 7.24. The molecule has 0 spiro atoms. The van der Waals surface area contributed by atoms with Crippen LogP contribution in [0.5, 0.6) is 0 Å². The van der Waals surface area contributed by atoms with Crippen LogP contribution < -0.4 is 0 Å². The van der Waals surface area contributed by atoms with Crippen LogP contribution >= 0.6 is 11.6 Å². The molecule has 2 heterocycles. The minimum absolute atomic E-state index is 0.367. The topological polar surface area (TPSA) is 52.8 Å². The quantitative estimate of drug-likeness (QED) is 0.764. The van der Waals surface area contributed by atoms with Gasteiger partial charge in [0.15, 0.2) is 5.82 Å². The molecule has 0 fully saturated rings. The second kappa shape index (κ2) is 6.63. The summed E-state index contributed by atoms with van der Waals surface area (Å²) in [5.41, 5.74) is 1.73. The van der Waals surface area contributed by atoms with Crippen LogP contribution in [-0.4, -0.2) is 26.4 Å². The molecule has 0 aliphatic carbocycles. The Labute approximate surface area is 117 Å². The minimum Gasteiger partial charge on any atom is -0.374 e. The van der Waals surface area contributed by atoms with Gasteiger partial charge >= 0.3 is 0 Å². The highest BCUT2D eigenvalue weighted by atomic mass is 35.5. The molecule has 0 radical (unpaired) electrons. The van der Waals surface area contributed by atoms with Gasteiger partial charge in [0, 0.05) is 25.4 Å². The lowest BCUT2D eigenvalue weighted by atomic mass is 10.3. The number of nitrogens with zero attached hydrogens (tertiary/aromatic N) is 4. The predicted molar refractivity (Wildman–Crippen MR) is 73.9 cm³/mol. The van der Waals surface area contributed by atoms with Gasteiger partial charge in [0.25, 0.3) is 0 Å². The lowest BCUT2D eigenvalue weighted by Gasteiger charge is -2.07. The summed E-state index contributed by atoms with van der Waals surface area (Å²) in [6.45, 7) is 5.89. The fourth-order valence-electron chi connectivity index (χ4n) is 1.79. The SMILES string of the molecule is CCCn1nccc1-c1cc(Cl)nc(COCC)n1. The number of hydrogen-bond acceptors (Lipinski definition) is 4. The van der Waals surface area contributed by atoms with Gasteiger partial charge in [-0.15, -0.1) is 0 Å². The zero-order valence-electron chi connectivity index (χ0n) is 11.1. The van der Waals surface area contributed by atoms with Gasteiger partial charge in [-0.1, -0.05) is 18.5 Å². The zero-order valence-corrected chi connectivity index (χ0v) is 11.9. The predicted octanol–water partition coefficient (Wildman–Crippen LogP) is 2.94. The first kappa shape index (κ1) is 14.0. The number of hydrogen-bond donors (Lipinski definition) is 0. The molecule has 2 aromatic rings. The first-order valence-electron chi connectivity index (χ1n) is 6.38. The molecule has 0 N–H and O–H groups in total. The van der Waals surface area contributed by atoms with Crippen molar-refractivity contribution >= 4 is 11.6 Å². The zero-order chi connectivity index (χ0) is 13.7. The molecule has 6 heteroatoms. The average molecular weight is 281 g/mol. The third-order valence-electron chi connectivity index (χ3n) is 2.59. The Morgan fingerprint density at radius 2 is 2.16 bits per heavy atom. The highest BCUT2D eigenvalue weighted by Gasteiger charge is 2.10. The first-order valence-corrected chi connectivity index (χ1v) is 6.75. The van der Waals surface area contributed by atoms with Gasteiger partial charge in [0.2, 0.25) is 0 Å². The van der Waals surface area contributed by atoms with Crippen LogP contribution in [0.15, 0.2) is 18.3 Å². The van der Waals surface area contributed by atoms with Gasteiger partial charge in [-0.2, -0.15) is 5.10 Å². The number of aromatic nitrogens is 4. The molecule has 0 aromatic carbocycles. The molecule has 2 aromatic heterocycles. The minimum atomic E-state index is 0.367. The van der Waals surface area contributed by atoms with E-state index in [1.165, 1.54) is 0 Å². The molecule has 2 rings (SSSR count). The van der Waals surface area contributed by atoms with Crippen LogP contribution in [0.3, 0.4) is 0 Å². The molecule has 5 nitrogen and oxygen atoms in total. The number of ether oxygens (including phenoxy) is 1. The van der Waals surface area contributed by atoms with Crippen LogP contribution in [0, 0.1) is 0 Å². The van der Waals surface area contributed by atoms with Gasteiger partial charge in [0.1, 0.15) is 11.8 Å². The Morgan fingerprint density at radius 3 is 2.89 bits per heavy atom. The molecule has 0 bridgehead atoms. The van der Waals surface area contributed by atoms with E-state index in [4.69, 9.17) is 16.3 Å². The third-order valence-corrected chi connectivity index (χ3v) is 2.78. The van der Waals surface area contributed by atoms with Crippen LogP contribution in [-0.2, 0) is 17.9 Å². The maximum atomic E-state index is 6.04. The van der Waals surface area contributed by atoms with Gasteiger partial charge in [-0.3, -0.25) is 4.68 Å². The van der Waals surface area contributed by atoms with Gasteiger partial charge < -0.3 is 4.74 Å². The summed E-state index contributed by atoms with van der Waals surface area (Å²) in [7, 11) is 0. The molecule has 19 heavy (non-hydrogen) atoms. The van der Waals surface area contributed by atoms with Crippen molar-refractivity contribution < 1.29 is 4.74 Å². The first-order chi connectivity index (χ1) is 9.24. The van der Waals surface area contributed by atoms with Crippen molar-refractivity contribution in [3.63, 3.8) is 0 Å². The number of aryl methyl sites for hydroxylation is 1. The Balaban J connectivity index is 2.32. The van der Waals surface area contributed by atoms with Crippen molar-refractivity contribution in [1.82, 2.24) is 19.7 Å². The highest BCUT2D eigenvalue weighted by Crippen LogP contribution is 2.20. The van der Waals surface area contributed by atoms with Crippen LogP contribution in [0.25, 0.3) is 11.4 Å². The second-order valence-electron chi connectivity index (χ2n) is 4.07. The normalized spacial score (nSPS) is 10.9. The van der Waals surface area contributed by atoms with Crippen molar-refractivity contribution in [2.24, 2.45) is 0 Å². The summed E-state index contributed by atoms with van der Waals surface area (Å²) in [4.78, 5) is 8.63. The number of halogens is 1. The Morgan fingerprint density at radius 1 is 1.32 bits per heavy atom. The summed E-state index contributed by atoms with van der Waals surface area (Å²) in [5, 5.41) is 4.71.